The monoisotopic (exact) mass is 629 g/mol. The van der Waals surface area contributed by atoms with Gasteiger partial charge in [0.1, 0.15) is 29.3 Å². The van der Waals surface area contributed by atoms with Crippen molar-refractivity contribution in [1.82, 2.24) is 10.6 Å². The molecule has 0 aliphatic carbocycles. The minimum atomic E-state index is -0.272. The molecule has 2 heterocycles. The Kier molecular flexibility index (Phi) is 6.36. The molecular formula is C45H31N3O. The van der Waals surface area contributed by atoms with Gasteiger partial charge < -0.3 is 9.73 Å². The molecule has 4 heteroatoms. The zero-order valence-corrected chi connectivity index (χ0v) is 26.6. The molecule has 8 aromatic carbocycles. The summed E-state index contributed by atoms with van der Waals surface area (Å²) in [5, 5.41) is 17.2. The second-order valence-electron chi connectivity index (χ2n) is 12.8. The van der Waals surface area contributed by atoms with Crippen LogP contribution in [0.3, 0.4) is 0 Å². The number of benzene rings is 8. The predicted octanol–water partition coefficient (Wildman–Crippen LogP) is 11.0. The third-order valence-corrected chi connectivity index (χ3v) is 9.92. The molecule has 49 heavy (non-hydrogen) atoms. The third-order valence-electron chi connectivity index (χ3n) is 9.92. The first-order valence-electron chi connectivity index (χ1n) is 16.8. The van der Waals surface area contributed by atoms with E-state index in [4.69, 9.17) is 9.41 Å². The van der Waals surface area contributed by atoms with Crippen molar-refractivity contribution < 1.29 is 4.42 Å². The minimum Gasteiger partial charge on any atom is -0.455 e. The molecule has 1 aromatic heterocycles. The first kappa shape index (κ1) is 27.8. The van der Waals surface area contributed by atoms with Crippen LogP contribution >= 0.6 is 0 Å². The van der Waals surface area contributed by atoms with E-state index in [2.05, 4.69) is 168 Å². The molecule has 0 spiro atoms. The zero-order chi connectivity index (χ0) is 32.3. The average Bonchev–Trinajstić information content (AvgIpc) is 3.57. The van der Waals surface area contributed by atoms with Gasteiger partial charge in [-0.1, -0.05) is 146 Å². The van der Waals surface area contributed by atoms with Gasteiger partial charge in [-0.2, -0.15) is 0 Å². The number of rotatable bonds is 4. The lowest BCUT2D eigenvalue weighted by atomic mass is 9.98. The minimum absolute atomic E-state index is 0.187. The van der Waals surface area contributed by atoms with Gasteiger partial charge in [-0.3, -0.25) is 5.32 Å². The second kappa shape index (κ2) is 11.2. The van der Waals surface area contributed by atoms with Gasteiger partial charge in [0.25, 0.3) is 0 Å². The van der Waals surface area contributed by atoms with Crippen LogP contribution in [0.5, 0.6) is 0 Å². The summed E-state index contributed by atoms with van der Waals surface area (Å²) in [6.07, 6.45) is -0.459. The van der Waals surface area contributed by atoms with Crippen LogP contribution < -0.4 is 10.6 Å². The smallest absolute Gasteiger partial charge is 0.143 e. The van der Waals surface area contributed by atoms with Crippen molar-refractivity contribution in [2.45, 2.75) is 12.3 Å². The van der Waals surface area contributed by atoms with E-state index in [1.807, 2.05) is 6.07 Å². The Balaban J connectivity index is 1.14. The number of fused-ring (bicyclic) bond motifs is 7. The molecule has 2 N–H and O–H groups in total. The average molecular weight is 630 g/mol. The quantitative estimate of drug-likeness (QED) is 0.190. The Morgan fingerprint density at radius 1 is 0.490 bits per heavy atom. The molecule has 4 nitrogen and oxygen atoms in total. The van der Waals surface area contributed by atoms with Crippen molar-refractivity contribution in [2.75, 3.05) is 0 Å². The summed E-state index contributed by atoms with van der Waals surface area (Å²) in [6.45, 7) is 0. The maximum atomic E-state index is 6.63. The van der Waals surface area contributed by atoms with E-state index in [1.54, 1.807) is 0 Å². The topological polar surface area (TPSA) is 49.6 Å². The number of amidine groups is 1. The molecule has 0 fully saturated rings. The lowest BCUT2D eigenvalue weighted by molar-refractivity contribution is 0.409. The van der Waals surface area contributed by atoms with Gasteiger partial charge in [0.2, 0.25) is 0 Å². The fourth-order valence-electron chi connectivity index (χ4n) is 7.52. The fraction of sp³-hybridized carbons (Fsp3) is 0.0444. The number of hydrogen-bond donors (Lipinski definition) is 2. The highest BCUT2D eigenvalue weighted by molar-refractivity contribution is 6.19. The number of para-hydroxylation sites is 1. The molecule has 0 radical (unpaired) electrons. The van der Waals surface area contributed by atoms with Crippen molar-refractivity contribution in [3.63, 3.8) is 0 Å². The molecule has 0 saturated heterocycles. The molecule has 1 aliphatic heterocycles. The Labute approximate surface area is 283 Å². The summed E-state index contributed by atoms with van der Waals surface area (Å²) in [5.74, 6) is 0.832. The van der Waals surface area contributed by atoms with Gasteiger partial charge in [-0.25, -0.2) is 4.99 Å². The van der Waals surface area contributed by atoms with Crippen molar-refractivity contribution >= 4 is 60.1 Å². The highest BCUT2D eigenvalue weighted by Crippen LogP contribution is 2.39. The van der Waals surface area contributed by atoms with Crippen LogP contribution in [0.2, 0.25) is 0 Å². The van der Waals surface area contributed by atoms with E-state index in [1.165, 1.54) is 32.3 Å². The lowest BCUT2D eigenvalue weighted by Crippen LogP contribution is -2.45. The predicted molar refractivity (Wildman–Crippen MR) is 203 cm³/mol. The first-order chi connectivity index (χ1) is 24.3. The summed E-state index contributed by atoms with van der Waals surface area (Å²) >= 11 is 0. The largest absolute Gasteiger partial charge is 0.455 e. The van der Waals surface area contributed by atoms with E-state index in [0.29, 0.717) is 0 Å². The molecule has 232 valence electrons. The SMILES string of the molecule is c1ccc(-c2cccc3c2oc2cccc(C4=NC(c5ccc6ccccc6c5)NC(c5ccc6c(ccc7ccccc76)c5)N4)c23)cc1. The molecule has 0 bridgehead atoms. The molecule has 9 aromatic rings. The van der Waals surface area contributed by atoms with Gasteiger partial charge in [-0.05, 0) is 67.2 Å². The number of nitrogens with zero attached hydrogens (tertiary/aromatic N) is 1. The summed E-state index contributed by atoms with van der Waals surface area (Å²) in [5.41, 5.74) is 7.22. The van der Waals surface area contributed by atoms with E-state index < -0.39 is 0 Å². The van der Waals surface area contributed by atoms with Crippen molar-refractivity contribution in [2.24, 2.45) is 4.99 Å². The molecule has 2 atom stereocenters. The molecule has 1 aliphatic rings. The van der Waals surface area contributed by atoms with Crippen molar-refractivity contribution in [3.05, 3.63) is 180 Å². The molecular weight excluding hydrogens is 599 g/mol. The Morgan fingerprint density at radius 3 is 2.08 bits per heavy atom. The number of hydrogen-bond acceptors (Lipinski definition) is 4. The highest BCUT2D eigenvalue weighted by atomic mass is 16.3. The zero-order valence-electron chi connectivity index (χ0n) is 26.6. The summed E-state index contributed by atoms with van der Waals surface area (Å²) < 4.78 is 6.63. The van der Waals surface area contributed by atoms with Gasteiger partial charge >= 0.3 is 0 Å². The van der Waals surface area contributed by atoms with Crippen LogP contribution in [0.4, 0.5) is 0 Å². The number of nitrogens with one attached hydrogen (secondary N) is 2. The third kappa shape index (κ3) is 4.68. The van der Waals surface area contributed by atoms with Crippen LogP contribution in [0, 0.1) is 0 Å². The van der Waals surface area contributed by atoms with Crippen molar-refractivity contribution in [1.29, 1.82) is 0 Å². The Bertz CT molecular complexity index is 2740. The maximum Gasteiger partial charge on any atom is 0.143 e. The van der Waals surface area contributed by atoms with E-state index in [0.717, 1.165) is 55.6 Å². The molecule has 0 amide bonds. The standard InChI is InChI=1S/C45H31N3O/c1-2-11-29(12-3-1)37-16-8-17-38-41-39(18-9-19-40(41)49-42(37)38)45-47-43(33-23-20-28-10-4-5-14-31(28)26-33)46-44(48-45)34-24-25-36-32(27-34)22-21-30-13-6-7-15-35(30)36/h1-27,43-44,46H,(H,47,48). The van der Waals surface area contributed by atoms with Crippen LogP contribution in [0.1, 0.15) is 29.0 Å². The van der Waals surface area contributed by atoms with E-state index >= 15 is 0 Å². The Morgan fingerprint density at radius 2 is 1.16 bits per heavy atom. The van der Waals surface area contributed by atoms with Crippen LogP contribution in [0.15, 0.2) is 173 Å². The summed E-state index contributed by atoms with van der Waals surface area (Å²) in [4.78, 5) is 5.38. The van der Waals surface area contributed by atoms with Gasteiger partial charge in [0.05, 0.1) is 0 Å². The maximum absolute atomic E-state index is 6.63. The van der Waals surface area contributed by atoms with Crippen LogP contribution in [-0.2, 0) is 0 Å². The molecule has 10 rings (SSSR count). The molecule has 0 saturated carbocycles. The normalized spacial score (nSPS) is 16.4. The van der Waals surface area contributed by atoms with E-state index in [-0.39, 0.29) is 12.3 Å². The molecule has 2 unspecified atom stereocenters. The van der Waals surface area contributed by atoms with Gasteiger partial charge in [0, 0.05) is 21.9 Å². The lowest BCUT2D eigenvalue weighted by Gasteiger charge is -2.32. The fourth-order valence-corrected chi connectivity index (χ4v) is 7.52. The first-order valence-corrected chi connectivity index (χ1v) is 16.8. The second-order valence-corrected chi connectivity index (χ2v) is 12.8. The van der Waals surface area contributed by atoms with Crippen LogP contribution in [0.25, 0.3) is 65.4 Å². The Hall–Kier alpha value is -6.23. The number of aliphatic imine (C=N–C) groups is 1. The van der Waals surface area contributed by atoms with Crippen molar-refractivity contribution in [3.8, 4) is 11.1 Å². The van der Waals surface area contributed by atoms with Gasteiger partial charge in [0.15, 0.2) is 0 Å². The van der Waals surface area contributed by atoms with Gasteiger partial charge in [-0.15, -0.1) is 0 Å². The summed E-state index contributed by atoms with van der Waals surface area (Å²) in [7, 11) is 0. The van der Waals surface area contributed by atoms with E-state index in [9.17, 15) is 0 Å². The van der Waals surface area contributed by atoms with Crippen LogP contribution in [-0.4, -0.2) is 5.84 Å². The number of furan rings is 1. The highest BCUT2D eigenvalue weighted by Gasteiger charge is 2.28. The summed E-state index contributed by atoms with van der Waals surface area (Å²) in [6, 6.07) is 58.1.